The molecule has 6 rings (SSSR count). The van der Waals surface area contributed by atoms with Crippen molar-refractivity contribution in [2.45, 2.75) is 63.6 Å². The summed E-state index contributed by atoms with van der Waals surface area (Å²) in [6.45, 7) is 1.41. The highest BCUT2D eigenvalue weighted by Gasteiger charge is 2.37. The number of aromatic amines is 1. The van der Waals surface area contributed by atoms with Gasteiger partial charge >= 0.3 is 12.1 Å². The monoisotopic (exact) mass is 694 g/mol. The molecule has 3 N–H and O–H groups in total. The van der Waals surface area contributed by atoms with Crippen LogP contribution in [0.4, 0.5) is 24.8 Å². The van der Waals surface area contributed by atoms with Crippen molar-refractivity contribution in [2.75, 3.05) is 51.1 Å². The Hall–Kier alpha value is -4.63. The van der Waals surface area contributed by atoms with Crippen molar-refractivity contribution < 1.29 is 32.6 Å². The van der Waals surface area contributed by atoms with Gasteiger partial charge in [-0.05, 0) is 62.6 Å². The maximum absolute atomic E-state index is 14.0. The Morgan fingerprint density at radius 1 is 1.08 bits per heavy atom. The number of carboxylic acid groups (broad SMARTS) is 1. The molecule has 2 aliphatic carbocycles. The van der Waals surface area contributed by atoms with Gasteiger partial charge in [0.2, 0.25) is 5.95 Å². The maximum Gasteiger partial charge on any atom is 0.433 e. The molecule has 4 heterocycles. The number of imidazole rings is 1. The number of methoxy groups -OCH3 is 1. The highest BCUT2D eigenvalue weighted by molar-refractivity contribution is 6.03. The minimum atomic E-state index is -4.62. The number of carboxylic acids is 1. The smallest absolute Gasteiger partial charge is 0.433 e. The van der Waals surface area contributed by atoms with Crippen molar-refractivity contribution >= 4 is 34.7 Å². The zero-order valence-electron chi connectivity index (χ0n) is 28.3. The number of H-pyrrole nitrogens is 1. The van der Waals surface area contributed by atoms with Crippen LogP contribution in [-0.2, 0) is 22.3 Å². The van der Waals surface area contributed by atoms with Crippen molar-refractivity contribution in [1.29, 1.82) is 0 Å². The lowest BCUT2D eigenvalue weighted by atomic mass is 9.74. The number of carbonyl (C=O) groups excluding carboxylic acids is 1. The van der Waals surface area contributed by atoms with Crippen LogP contribution in [0.3, 0.4) is 0 Å². The second kappa shape index (κ2) is 14.3. The summed E-state index contributed by atoms with van der Waals surface area (Å²) in [5, 5.41) is 11.7. The number of likely N-dealkylation sites (N-methyl/N-ethyl adjacent to an activating group) is 1. The third kappa shape index (κ3) is 8.21. The van der Waals surface area contributed by atoms with E-state index < -0.39 is 23.7 Å². The molecule has 1 amide bonds. The van der Waals surface area contributed by atoms with Gasteiger partial charge in [-0.1, -0.05) is 25.3 Å². The summed E-state index contributed by atoms with van der Waals surface area (Å²) in [5.41, 5.74) is 2.21. The predicted molar refractivity (Wildman–Crippen MR) is 181 cm³/mol. The number of aromatic nitrogens is 5. The summed E-state index contributed by atoms with van der Waals surface area (Å²) < 4.78 is 47.6. The van der Waals surface area contributed by atoms with Gasteiger partial charge in [0.15, 0.2) is 5.65 Å². The molecule has 266 valence electrons. The van der Waals surface area contributed by atoms with Gasteiger partial charge in [0, 0.05) is 56.0 Å². The molecule has 50 heavy (non-hydrogen) atoms. The van der Waals surface area contributed by atoms with Crippen molar-refractivity contribution in [3.63, 3.8) is 0 Å². The van der Waals surface area contributed by atoms with Crippen LogP contribution < -0.4 is 10.2 Å². The number of hydrogen-bond donors (Lipinski definition) is 3. The second-order valence-electron chi connectivity index (χ2n) is 13.7. The Bertz CT molecular complexity index is 1850. The molecular formula is C35H41F3N8O4. The molecule has 0 radical (unpaired) electrons. The summed E-state index contributed by atoms with van der Waals surface area (Å²) in [6, 6.07) is 7.71. The van der Waals surface area contributed by atoms with E-state index in [-0.39, 0.29) is 35.2 Å². The number of nitrogens with one attached hydrogen (secondary N) is 2. The van der Waals surface area contributed by atoms with Crippen LogP contribution in [0.2, 0.25) is 0 Å². The zero-order chi connectivity index (χ0) is 35.6. The number of hydrogen-bond acceptors (Lipinski definition) is 9. The quantitative estimate of drug-likeness (QED) is 0.150. The van der Waals surface area contributed by atoms with E-state index in [2.05, 4.69) is 30.2 Å². The number of carbonyl (C=O) groups is 2. The van der Waals surface area contributed by atoms with E-state index in [1.165, 1.54) is 12.3 Å². The van der Waals surface area contributed by atoms with E-state index >= 15 is 0 Å². The number of aliphatic carboxylic acids is 1. The average Bonchev–Trinajstić information content (AvgIpc) is 3.84. The van der Waals surface area contributed by atoms with Crippen LogP contribution in [0.15, 0.2) is 36.5 Å². The molecule has 0 bridgehead atoms. The van der Waals surface area contributed by atoms with E-state index in [1.807, 2.05) is 7.05 Å². The van der Waals surface area contributed by atoms with Gasteiger partial charge in [-0.3, -0.25) is 24.8 Å². The number of anilines is 2. The highest BCUT2D eigenvalue weighted by Crippen LogP contribution is 2.43. The summed E-state index contributed by atoms with van der Waals surface area (Å²) >= 11 is 0. The largest absolute Gasteiger partial charge is 0.480 e. The van der Waals surface area contributed by atoms with E-state index in [0.29, 0.717) is 47.9 Å². The Morgan fingerprint density at radius 3 is 2.48 bits per heavy atom. The minimum absolute atomic E-state index is 0.0114. The molecule has 2 aliphatic rings. The number of amides is 1. The standard InChI is InChI=1S/C35H41F3N8O4/c1-45(18-29(47)48)17-21-7-10-24(39-16-21)32(49)44-33-42-30-27(46(2)19-34(20-50-3)11-5-4-6-12-34)15-26(41-31(30)43-33)23-13-25(22-8-9-22)40-28(14-23)35(36,37)38/h7,10,13-16,22H,4-6,8-9,11-12,17-20H2,1-3H3,(H,47,48)(H2,41,42,43,44,49). The molecule has 0 aromatic carbocycles. The molecule has 4 aromatic heterocycles. The SMILES string of the molecule is COCC1(CN(C)c2cc(-c3cc(C4CC4)nc(C(F)(F)F)c3)nc3nc(NC(=O)c4ccc(CN(C)CC(=O)O)cn4)[nH]c23)CCCCC1. The lowest BCUT2D eigenvalue weighted by molar-refractivity contribution is -0.141. The van der Waals surface area contributed by atoms with Crippen LogP contribution >= 0.6 is 0 Å². The number of alkyl halides is 3. The Kier molecular flexibility index (Phi) is 10.1. The molecule has 0 atom stereocenters. The van der Waals surface area contributed by atoms with Crippen LogP contribution in [0.25, 0.3) is 22.4 Å². The summed E-state index contributed by atoms with van der Waals surface area (Å²) in [7, 11) is 5.30. The van der Waals surface area contributed by atoms with Crippen molar-refractivity contribution in [2.24, 2.45) is 5.41 Å². The van der Waals surface area contributed by atoms with Gasteiger partial charge in [-0.25, -0.2) is 9.97 Å². The molecular weight excluding hydrogens is 653 g/mol. The average molecular weight is 695 g/mol. The number of nitrogens with zero attached hydrogens (tertiary/aromatic N) is 6. The summed E-state index contributed by atoms with van der Waals surface area (Å²) in [4.78, 5) is 48.5. The molecule has 0 unspecified atom stereocenters. The Balaban J connectivity index is 1.34. The number of pyridine rings is 3. The van der Waals surface area contributed by atoms with Crippen LogP contribution in [-0.4, -0.2) is 87.7 Å². The molecule has 2 fully saturated rings. The van der Waals surface area contributed by atoms with E-state index in [9.17, 15) is 22.8 Å². The highest BCUT2D eigenvalue weighted by atomic mass is 19.4. The first kappa shape index (κ1) is 35.2. The van der Waals surface area contributed by atoms with Gasteiger partial charge < -0.3 is 19.7 Å². The molecule has 0 aliphatic heterocycles. The van der Waals surface area contributed by atoms with Crippen molar-refractivity contribution in [1.82, 2.24) is 29.8 Å². The molecule has 15 heteroatoms. The molecule has 12 nitrogen and oxygen atoms in total. The van der Waals surface area contributed by atoms with E-state index in [1.54, 1.807) is 37.3 Å². The molecule has 4 aromatic rings. The summed E-state index contributed by atoms with van der Waals surface area (Å²) in [6.07, 6.45) is 3.77. The van der Waals surface area contributed by atoms with Gasteiger partial charge in [0.25, 0.3) is 5.91 Å². The molecule has 0 saturated heterocycles. The van der Waals surface area contributed by atoms with Gasteiger partial charge in [-0.2, -0.15) is 18.2 Å². The first-order chi connectivity index (χ1) is 23.8. The molecule has 2 saturated carbocycles. The minimum Gasteiger partial charge on any atom is -0.480 e. The predicted octanol–water partition coefficient (Wildman–Crippen LogP) is 6.11. The van der Waals surface area contributed by atoms with Crippen LogP contribution in [0.5, 0.6) is 0 Å². The second-order valence-corrected chi connectivity index (χ2v) is 13.7. The first-order valence-corrected chi connectivity index (χ1v) is 16.7. The fourth-order valence-electron chi connectivity index (χ4n) is 6.88. The third-order valence-electron chi connectivity index (χ3n) is 9.36. The number of rotatable bonds is 13. The third-order valence-corrected chi connectivity index (χ3v) is 9.36. The normalized spacial score (nSPS) is 16.1. The Labute approximate surface area is 287 Å². The number of halogens is 3. The maximum atomic E-state index is 14.0. The van der Waals surface area contributed by atoms with Crippen molar-refractivity contribution in [3.8, 4) is 11.3 Å². The lowest BCUT2D eigenvalue weighted by Crippen LogP contribution is -2.40. The lowest BCUT2D eigenvalue weighted by Gasteiger charge is -2.40. The van der Waals surface area contributed by atoms with Gasteiger partial charge in [-0.15, -0.1) is 0 Å². The summed E-state index contributed by atoms with van der Waals surface area (Å²) in [5.74, 6) is -1.40. The van der Waals surface area contributed by atoms with Crippen LogP contribution in [0.1, 0.15) is 78.3 Å². The number of fused-ring (bicyclic) bond motifs is 1. The topological polar surface area (TPSA) is 149 Å². The van der Waals surface area contributed by atoms with Crippen LogP contribution in [0, 0.1) is 5.41 Å². The first-order valence-electron chi connectivity index (χ1n) is 16.7. The number of ether oxygens (including phenoxy) is 1. The van der Waals surface area contributed by atoms with Gasteiger partial charge in [0.1, 0.15) is 16.9 Å². The van der Waals surface area contributed by atoms with Gasteiger partial charge in [0.05, 0.1) is 24.5 Å². The fraction of sp³-hybridized carbons (Fsp3) is 0.486. The van der Waals surface area contributed by atoms with E-state index in [0.717, 1.165) is 56.6 Å². The van der Waals surface area contributed by atoms with Crippen molar-refractivity contribution in [3.05, 3.63) is 59.2 Å². The molecule has 0 spiro atoms. The van der Waals surface area contributed by atoms with E-state index in [4.69, 9.17) is 14.8 Å². The fourth-order valence-corrected chi connectivity index (χ4v) is 6.88. The Morgan fingerprint density at radius 2 is 1.84 bits per heavy atom. The zero-order valence-corrected chi connectivity index (χ0v) is 28.3.